The molecule has 0 aromatic carbocycles. The predicted molar refractivity (Wildman–Crippen MR) is 80.4 cm³/mol. The van der Waals surface area contributed by atoms with Gasteiger partial charge in [0.25, 0.3) is 0 Å². The molecule has 102 valence electrons. The molecule has 0 radical (unpaired) electrons. The Bertz CT molecular complexity index is 343. The molecular formula is C15H26N2S. The van der Waals surface area contributed by atoms with Crippen molar-refractivity contribution in [3.63, 3.8) is 0 Å². The summed E-state index contributed by atoms with van der Waals surface area (Å²) in [5, 5.41) is 8.22. The van der Waals surface area contributed by atoms with Crippen molar-refractivity contribution >= 4 is 11.3 Å². The van der Waals surface area contributed by atoms with Crippen LogP contribution in [0.4, 0.5) is 0 Å². The third-order valence-corrected chi connectivity index (χ3v) is 5.25. The number of rotatable bonds is 5. The van der Waals surface area contributed by atoms with E-state index in [-0.39, 0.29) is 0 Å². The first-order valence-electron chi connectivity index (χ1n) is 7.19. The molecule has 3 heteroatoms. The van der Waals surface area contributed by atoms with E-state index in [1.165, 1.54) is 37.9 Å². The lowest BCUT2D eigenvalue weighted by atomic mass is 9.88. The first-order chi connectivity index (χ1) is 8.69. The zero-order valence-electron chi connectivity index (χ0n) is 11.9. The Morgan fingerprint density at radius 3 is 2.83 bits per heavy atom. The SMILES string of the molecule is CCC1(CC)CN(CCc2ccsc2)C(C)CN1. The van der Waals surface area contributed by atoms with Crippen molar-refractivity contribution in [3.05, 3.63) is 22.4 Å². The minimum atomic E-state index is 0.348. The van der Waals surface area contributed by atoms with E-state index in [0.717, 1.165) is 6.54 Å². The summed E-state index contributed by atoms with van der Waals surface area (Å²) in [5.74, 6) is 0. The summed E-state index contributed by atoms with van der Waals surface area (Å²) in [4.78, 5) is 2.67. The van der Waals surface area contributed by atoms with Crippen LogP contribution in [0.15, 0.2) is 16.8 Å². The zero-order chi connectivity index (χ0) is 13.0. The van der Waals surface area contributed by atoms with Gasteiger partial charge in [0, 0.05) is 31.2 Å². The van der Waals surface area contributed by atoms with Crippen LogP contribution in [0.25, 0.3) is 0 Å². The van der Waals surface area contributed by atoms with Crippen molar-refractivity contribution in [2.24, 2.45) is 0 Å². The van der Waals surface area contributed by atoms with Crippen molar-refractivity contribution in [2.45, 2.75) is 51.6 Å². The molecule has 1 aromatic heterocycles. The lowest BCUT2D eigenvalue weighted by molar-refractivity contribution is 0.0819. The molecule has 1 atom stereocenters. The van der Waals surface area contributed by atoms with Crippen LogP contribution in [-0.2, 0) is 6.42 Å². The first kappa shape index (κ1) is 14.0. The quantitative estimate of drug-likeness (QED) is 0.881. The van der Waals surface area contributed by atoms with E-state index in [1.54, 1.807) is 11.3 Å². The first-order valence-corrected chi connectivity index (χ1v) is 8.13. The van der Waals surface area contributed by atoms with Crippen LogP contribution < -0.4 is 5.32 Å². The van der Waals surface area contributed by atoms with Crippen molar-refractivity contribution in [3.8, 4) is 0 Å². The lowest BCUT2D eigenvalue weighted by Crippen LogP contribution is -2.63. The van der Waals surface area contributed by atoms with Crippen LogP contribution in [0.2, 0.25) is 0 Å². The molecule has 1 fully saturated rings. The maximum absolute atomic E-state index is 3.77. The largest absolute Gasteiger partial charge is 0.308 e. The van der Waals surface area contributed by atoms with Gasteiger partial charge in [0.05, 0.1) is 0 Å². The highest BCUT2D eigenvalue weighted by molar-refractivity contribution is 7.07. The Labute approximate surface area is 115 Å². The zero-order valence-corrected chi connectivity index (χ0v) is 12.7. The highest BCUT2D eigenvalue weighted by Gasteiger charge is 2.34. The molecule has 0 aliphatic carbocycles. The molecular weight excluding hydrogens is 240 g/mol. The minimum Gasteiger partial charge on any atom is -0.308 e. The third-order valence-electron chi connectivity index (χ3n) is 4.52. The lowest BCUT2D eigenvalue weighted by Gasteiger charge is -2.46. The fourth-order valence-corrected chi connectivity index (χ4v) is 3.53. The van der Waals surface area contributed by atoms with Crippen LogP contribution in [0.5, 0.6) is 0 Å². The van der Waals surface area contributed by atoms with Crippen LogP contribution in [-0.4, -0.2) is 36.1 Å². The fourth-order valence-electron chi connectivity index (χ4n) is 2.82. The number of piperazine rings is 1. The summed E-state index contributed by atoms with van der Waals surface area (Å²) < 4.78 is 0. The fraction of sp³-hybridized carbons (Fsp3) is 0.733. The second-order valence-corrected chi connectivity index (χ2v) is 6.35. The van der Waals surface area contributed by atoms with Crippen molar-refractivity contribution in [1.82, 2.24) is 10.2 Å². The maximum atomic E-state index is 3.77. The third kappa shape index (κ3) is 3.14. The van der Waals surface area contributed by atoms with Gasteiger partial charge in [0.1, 0.15) is 0 Å². The van der Waals surface area contributed by atoms with Gasteiger partial charge < -0.3 is 5.32 Å². The topological polar surface area (TPSA) is 15.3 Å². The number of nitrogens with one attached hydrogen (secondary N) is 1. The summed E-state index contributed by atoms with van der Waals surface area (Å²) in [6, 6.07) is 2.92. The number of hydrogen-bond acceptors (Lipinski definition) is 3. The smallest absolute Gasteiger partial charge is 0.0304 e. The molecule has 0 saturated carbocycles. The van der Waals surface area contributed by atoms with Crippen molar-refractivity contribution < 1.29 is 0 Å². The van der Waals surface area contributed by atoms with Gasteiger partial charge in [-0.05, 0) is 48.6 Å². The predicted octanol–water partition coefficient (Wildman–Crippen LogP) is 3.14. The summed E-state index contributed by atoms with van der Waals surface area (Å²) in [7, 11) is 0. The monoisotopic (exact) mass is 266 g/mol. The molecule has 1 aromatic rings. The minimum absolute atomic E-state index is 0.348. The van der Waals surface area contributed by atoms with Gasteiger partial charge in [-0.15, -0.1) is 0 Å². The average Bonchev–Trinajstić information content (AvgIpc) is 2.91. The van der Waals surface area contributed by atoms with E-state index in [4.69, 9.17) is 0 Å². The van der Waals surface area contributed by atoms with E-state index in [2.05, 4.69) is 47.8 Å². The molecule has 2 nitrogen and oxygen atoms in total. The Morgan fingerprint density at radius 1 is 1.44 bits per heavy atom. The highest BCUT2D eigenvalue weighted by atomic mass is 32.1. The normalized spacial score (nSPS) is 24.3. The van der Waals surface area contributed by atoms with Crippen LogP contribution in [0.1, 0.15) is 39.2 Å². The summed E-state index contributed by atoms with van der Waals surface area (Å²) in [6.45, 7) is 10.5. The molecule has 1 aliphatic heterocycles. The molecule has 18 heavy (non-hydrogen) atoms. The number of hydrogen-bond donors (Lipinski definition) is 1. The highest BCUT2D eigenvalue weighted by Crippen LogP contribution is 2.23. The van der Waals surface area contributed by atoms with Gasteiger partial charge in [-0.1, -0.05) is 13.8 Å². The molecule has 2 rings (SSSR count). The Balaban J connectivity index is 1.93. The van der Waals surface area contributed by atoms with Gasteiger partial charge in [0.15, 0.2) is 0 Å². The van der Waals surface area contributed by atoms with E-state index in [1.807, 2.05) is 0 Å². The number of nitrogens with zero attached hydrogens (tertiary/aromatic N) is 1. The standard InChI is InChI=1S/C15H26N2S/c1-4-15(5-2)12-17(13(3)10-16-15)8-6-14-7-9-18-11-14/h7,9,11,13,16H,4-6,8,10,12H2,1-3H3. The van der Waals surface area contributed by atoms with E-state index in [9.17, 15) is 0 Å². The molecule has 2 heterocycles. The van der Waals surface area contributed by atoms with Crippen molar-refractivity contribution in [1.29, 1.82) is 0 Å². The van der Waals surface area contributed by atoms with Gasteiger partial charge in [-0.25, -0.2) is 0 Å². The molecule has 1 unspecified atom stereocenters. The molecule has 1 saturated heterocycles. The van der Waals surface area contributed by atoms with Gasteiger partial charge in [0.2, 0.25) is 0 Å². The molecule has 0 spiro atoms. The summed E-state index contributed by atoms with van der Waals surface area (Å²) in [5.41, 5.74) is 1.84. The van der Waals surface area contributed by atoms with Gasteiger partial charge in [-0.3, -0.25) is 4.90 Å². The Morgan fingerprint density at radius 2 is 2.22 bits per heavy atom. The van der Waals surface area contributed by atoms with E-state index < -0.39 is 0 Å². The maximum Gasteiger partial charge on any atom is 0.0304 e. The Kier molecular flexibility index (Phi) is 4.82. The summed E-state index contributed by atoms with van der Waals surface area (Å²) >= 11 is 1.80. The number of thiophene rings is 1. The van der Waals surface area contributed by atoms with E-state index in [0.29, 0.717) is 11.6 Å². The van der Waals surface area contributed by atoms with Gasteiger partial charge >= 0.3 is 0 Å². The second-order valence-electron chi connectivity index (χ2n) is 5.57. The Hall–Kier alpha value is -0.380. The van der Waals surface area contributed by atoms with Crippen molar-refractivity contribution in [2.75, 3.05) is 19.6 Å². The van der Waals surface area contributed by atoms with Gasteiger partial charge in [-0.2, -0.15) is 11.3 Å². The molecule has 1 aliphatic rings. The molecule has 0 amide bonds. The average molecular weight is 266 g/mol. The molecule has 1 N–H and O–H groups in total. The van der Waals surface area contributed by atoms with Crippen LogP contribution in [0, 0.1) is 0 Å². The van der Waals surface area contributed by atoms with Crippen LogP contribution >= 0.6 is 11.3 Å². The molecule has 0 bridgehead atoms. The summed E-state index contributed by atoms with van der Waals surface area (Å²) in [6.07, 6.45) is 3.65. The second kappa shape index (κ2) is 6.18. The van der Waals surface area contributed by atoms with E-state index >= 15 is 0 Å². The van der Waals surface area contributed by atoms with Crippen LogP contribution in [0.3, 0.4) is 0 Å².